The van der Waals surface area contributed by atoms with E-state index < -0.39 is 0 Å². The zero-order chi connectivity index (χ0) is 16.5. The van der Waals surface area contributed by atoms with E-state index in [0.29, 0.717) is 6.04 Å². The molecule has 4 nitrogen and oxygen atoms in total. The zero-order valence-corrected chi connectivity index (χ0v) is 15.0. The minimum Gasteiger partial charge on any atom is -0.352 e. The lowest BCUT2D eigenvalue weighted by Gasteiger charge is -2.29. The van der Waals surface area contributed by atoms with Gasteiger partial charge in [0, 0.05) is 6.04 Å². The largest absolute Gasteiger partial charge is 0.352 e. The lowest BCUT2D eigenvalue weighted by molar-refractivity contribution is -0.127. The fraction of sp³-hybridized carbons (Fsp3) is 0.579. The second-order valence-corrected chi connectivity index (χ2v) is 8.14. The van der Waals surface area contributed by atoms with Crippen LogP contribution in [0.15, 0.2) is 24.3 Å². The Morgan fingerprint density at radius 1 is 1.25 bits per heavy atom. The van der Waals surface area contributed by atoms with Crippen molar-refractivity contribution in [2.24, 2.45) is 0 Å². The number of nitrogens with zero attached hydrogens (tertiary/aromatic N) is 2. The van der Waals surface area contributed by atoms with Crippen LogP contribution in [0.1, 0.15) is 56.5 Å². The second kappa shape index (κ2) is 6.81. The predicted octanol–water partition coefficient (Wildman–Crippen LogP) is 3.88. The van der Waals surface area contributed by atoms with E-state index in [9.17, 15) is 4.79 Å². The third-order valence-electron chi connectivity index (χ3n) is 5.47. The number of benzene rings is 1. The molecule has 0 radical (unpaired) electrons. The van der Waals surface area contributed by atoms with Crippen molar-refractivity contribution in [2.75, 3.05) is 6.54 Å². The normalized spacial score (nSPS) is 23.8. The first-order chi connectivity index (χ1) is 11.7. The third kappa shape index (κ3) is 3.07. The van der Waals surface area contributed by atoms with E-state index in [1.54, 1.807) is 11.3 Å². The Bertz CT molecular complexity index is 689. The van der Waals surface area contributed by atoms with Gasteiger partial charge in [0.2, 0.25) is 5.91 Å². The number of rotatable bonds is 4. The number of hydrogen-bond acceptors (Lipinski definition) is 4. The average molecular weight is 343 g/mol. The number of thiazole rings is 1. The predicted molar refractivity (Wildman–Crippen MR) is 98.2 cm³/mol. The lowest BCUT2D eigenvalue weighted by atomic mass is 10.1. The summed E-state index contributed by atoms with van der Waals surface area (Å²) in [5, 5.41) is 4.42. The highest BCUT2D eigenvalue weighted by atomic mass is 32.1. The molecule has 0 bridgehead atoms. The number of carbonyl (C=O) groups excluding carboxylic acids is 1. The summed E-state index contributed by atoms with van der Waals surface area (Å²) in [4.78, 5) is 19.8. The molecule has 1 N–H and O–H groups in total. The quantitative estimate of drug-likeness (QED) is 0.916. The fourth-order valence-corrected chi connectivity index (χ4v) is 5.22. The highest BCUT2D eigenvalue weighted by Crippen LogP contribution is 2.37. The number of carbonyl (C=O) groups is 1. The maximum atomic E-state index is 12.7. The van der Waals surface area contributed by atoms with Crippen LogP contribution >= 0.6 is 11.3 Å². The van der Waals surface area contributed by atoms with Crippen LogP contribution in [-0.4, -0.2) is 34.4 Å². The smallest absolute Gasteiger partial charge is 0.237 e. The van der Waals surface area contributed by atoms with Gasteiger partial charge in [-0.05, 0) is 51.3 Å². The van der Waals surface area contributed by atoms with Gasteiger partial charge in [-0.25, -0.2) is 4.98 Å². The van der Waals surface area contributed by atoms with Gasteiger partial charge in [0.15, 0.2) is 0 Å². The molecule has 0 spiro atoms. The number of nitrogens with one attached hydrogen (secondary N) is 1. The maximum absolute atomic E-state index is 12.7. The van der Waals surface area contributed by atoms with Gasteiger partial charge in [-0.3, -0.25) is 9.69 Å². The molecular formula is C19H25N3OS. The molecule has 4 rings (SSSR count). The van der Waals surface area contributed by atoms with Crippen molar-refractivity contribution in [3.8, 4) is 0 Å². The van der Waals surface area contributed by atoms with Crippen LogP contribution in [0.3, 0.4) is 0 Å². The number of para-hydroxylation sites is 1. The van der Waals surface area contributed by atoms with Crippen LogP contribution in [0.25, 0.3) is 10.2 Å². The van der Waals surface area contributed by atoms with Crippen molar-refractivity contribution in [3.63, 3.8) is 0 Å². The number of hydrogen-bond donors (Lipinski definition) is 1. The fourth-order valence-electron chi connectivity index (χ4n) is 4.09. The summed E-state index contributed by atoms with van der Waals surface area (Å²) in [6.45, 7) is 3.04. The summed E-state index contributed by atoms with van der Waals surface area (Å²) in [6, 6.07) is 8.90. The van der Waals surface area contributed by atoms with Crippen LogP contribution in [0, 0.1) is 0 Å². The Labute approximate surface area is 147 Å². The molecule has 24 heavy (non-hydrogen) atoms. The Morgan fingerprint density at radius 2 is 2.04 bits per heavy atom. The molecule has 2 fully saturated rings. The number of aromatic nitrogens is 1. The van der Waals surface area contributed by atoms with Gasteiger partial charge < -0.3 is 5.32 Å². The second-order valence-electron chi connectivity index (χ2n) is 7.08. The summed E-state index contributed by atoms with van der Waals surface area (Å²) in [5.74, 6) is 0.190. The Hall–Kier alpha value is -1.46. The monoisotopic (exact) mass is 343 g/mol. The van der Waals surface area contributed by atoms with Gasteiger partial charge in [-0.15, -0.1) is 11.3 Å². The molecule has 1 amide bonds. The summed E-state index contributed by atoms with van der Waals surface area (Å²) in [6.07, 6.45) is 7.01. The van der Waals surface area contributed by atoms with Crippen LogP contribution < -0.4 is 5.32 Å². The standard InChI is InChI=1S/C19H25N3OS/c1-13(18(23)20-14-7-2-3-8-14)22-12-6-10-16(22)19-21-15-9-4-5-11-17(15)24-19/h4-5,9,11,13-14,16H,2-3,6-8,10,12H2,1H3,(H,20,23). The van der Waals surface area contributed by atoms with Gasteiger partial charge in [-0.1, -0.05) is 25.0 Å². The minimum atomic E-state index is -0.0786. The summed E-state index contributed by atoms with van der Waals surface area (Å²) < 4.78 is 1.24. The molecule has 1 aromatic carbocycles. The molecule has 2 heterocycles. The van der Waals surface area contributed by atoms with E-state index in [1.807, 2.05) is 6.07 Å². The summed E-state index contributed by atoms with van der Waals surface area (Å²) >= 11 is 1.78. The van der Waals surface area contributed by atoms with Crippen molar-refractivity contribution >= 4 is 27.5 Å². The highest BCUT2D eigenvalue weighted by Gasteiger charge is 2.35. The van der Waals surface area contributed by atoms with Gasteiger partial charge in [0.1, 0.15) is 5.01 Å². The van der Waals surface area contributed by atoms with Crippen molar-refractivity contribution in [2.45, 2.75) is 63.6 Å². The van der Waals surface area contributed by atoms with E-state index in [0.717, 1.165) is 42.8 Å². The van der Waals surface area contributed by atoms with Gasteiger partial charge in [-0.2, -0.15) is 0 Å². The molecule has 128 valence electrons. The molecule has 2 atom stereocenters. The molecule has 1 aromatic heterocycles. The topological polar surface area (TPSA) is 45.2 Å². The van der Waals surface area contributed by atoms with Crippen LogP contribution in [0.5, 0.6) is 0 Å². The first-order valence-electron chi connectivity index (χ1n) is 9.14. The average Bonchev–Trinajstić information content (AvgIpc) is 3.32. The molecule has 2 aliphatic rings. The number of amides is 1. The molecule has 2 aromatic rings. The van der Waals surface area contributed by atoms with Gasteiger partial charge >= 0.3 is 0 Å². The van der Waals surface area contributed by atoms with Crippen LogP contribution in [0.4, 0.5) is 0 Å². The summed E-state index contributed by atoms with van der Waals surface area (Å²) in [7, 11) is 0. The highest BCUT2D eigenvalue weighted by molar-refractivity contribution is 7.18. The van der Waals surface area contributed by atoms with Crippen molar-refractivity contribution < 1.29 is 4.79 Å². The summed E-state index contributed by atoms with van der Waals surface area (Å²) in [5.41, 5.74) is 1.08. The minimum absolute atomic E-state index is 0.0786. The Kier molecular flexibility index (Phi) is 4.55. The van der Waals surface area contributed by atoms with E-state index in [4.69, 9.17) is 4.98 Å². The molecule has 1 aliphatic heterocycles. The molecular weight excluding hydrogens is 318 g/mol. The number of fused-ring (bicyclic) bond motifs is 1. The Balaban J connectivity index is 1.50. The van der Waals surface area contributed by atoms with Crippen molar-refractivity contribution in [1.29, 1.82) is 0 Å². The van der Waals surface area contributed by atoms with Gasteiger partial charge in [0.05, 0.1) is 22.3 Å². The lowest BCUT2D eigenvalue weighted by Crippen LogP contribution is -2.47. The van der Waals surface area contributed by atoms with Crippen LogP contribution in [0.2, 0.25) is 0 Å². The van der Waals surface area contributed by atoms with Gasteiger partial charge in [0.25, 0.3) is 0 Å². The van der Waals surface area contributed by atoms with Crippen LogP contribution in [-0.2, 0) is 4.79 Å². The molecule has 1 saturated heterocycles. The number of likely N-dealkylation sites (tertiary alicyclic amines) is 1. The molecule has 5 heteroatoms. The maximum Gasteiger partial charge on any atom is 0.237 e. The molecule has 1 aliphatic carbocycles. The molecule has 1 saturated carbocycles. The van der Waals surface area contributed by atoms with Crippen molar-refractivity contribution in [1.82, 2.24) is 15.2 Å². The SMILES string of the molecule is CC(C(=O)NC1CCCC1)N1CCCC1c1nc2ccccc2s1. The van der Waals surface area contributed by atoms with E-state index in [2.05, 4.69) is 35.3 Å². The van der Waals surface area contributed by atoms with Crippen molar-refractivity contribution in [3.05, 3.63) is 29.3 Å². The first kappa shape index (κ1) is 16.0. The first-order valence-corrected chi connectivity index (χ1v) is 9.95. The Morgan fingerprint density at radius 3 is 2.83 bits per heavy atom. The third-order valence-corrected chi connectivity index (χ3v) is 6.61. The van der Waals surface area contributed by atoms with E-state index in [-0.39, 0.29) is 18.0 Å². The van der Waals surface area contributed by atoms with E-state index >= 15 is 0 Å². The molecule has 2 unspecified atom stereocenters. The zero-order valence-electron chi connectivity index (χ0n) is 14.2. The van der Waals surface area contributed by atoms with E-state index in [1.165, 1.54) is 17.5 Å².